The van der Waals surface area contributed by atoms with E-state index in [4.69, 9.17) is 0 Å². The number of hydrogen-bond donors (Lipinski definition) is 0. The van der Waals surface area contributed by atoms with Gasteiger partial charge in [0.25, 0.3) is 0 Å². The van der Waals surface area contributed by atoms with Gasteiger partial charge in [0.05, 0.1) is 75.6 Å². The molecule has 6 atom stereocenters. The van der Waals surface area contributed by atoms with Gasteiger partial charge in [-0.05, 0) is 135 Å². The minimum Gasteiger partial charge on any atom is -0.357 e. The second kappa shape index (κ2) is 22.4. The summed E-state index contributed by atoms with van der Waals surface area (Å²) in [5, 5.41) is 47.3. The van der Waals surface area contributed by atoms with Crippen LogP contribution in [-0.2, 0) is 0 Å². The van der Waals surface area contributed by atoms with Crippen LogP contribution in [0, 0.1) is 56.7 Å². The molecule has 4 heterocycles. The summed E-state index contributed by atoms with van der Waals surface area (Å²) in [4.78, 5) is 4.96. The maximum atomic E-state index is 11.3. The van der Waals surface area contributed by atoms with Crippen LogP contribution in [0.5, 0.6) is 0 Å². The fourth-order valence-electron chi connectivity index (χ4n) is 16.8. The number of aromatic nitrogens is 2. The Labute approximate surface area is 562 Å². The molecule has 13 aromatic rings. The number of allylic oxidation sites excluding steroid dienone is 6. The third kappa shape index (κ3) is 8.79. The van der Waals surface area contributed by atoms with Crippen molar-refractivity contribution in [2.24, 2.45) is 11.3 Å². The standard InChI is InChI=1S/C89H58N8/c1-89-45-15-14-28-87(89)97(79-23-9-3-17-71(79)60-36-32-58(33-37-60)68-41-39-66(48-63(68)53-91)94-80-24-10-4-18-72(80)73-19-5-11-25-81(73)94)86-51-62(47-65(55-93)88(86)89)61-38-44-84-77(50-61)75-21-6-12-26-82(75)95(84)67-40-42-69(64(49-67)54-92)57-30-34-59(35-31-57)70-16-2-8-22-78(70)96-83-27-13-7-20-74(83)76-46-56(52-90)29-43-85(76)96/h2-51,76,85-88H,1H3. The van der Waals surface area contributed by atoms with E-state index in [1.54, 1.807) is 0 Å². The summed E-state index contributed by atoms with van der Waals surface area (Å²) < 4.78 is 4.51. The first-order valence-electron chi connectivity index (χ1n) is 33.0. The van der Waals surface area contributed by atoms with Crippen LogP contribution in [0.1, 0.15) is 35.1 Å². The zero-order chi connectivity index (χ0) is 65.0. The number of para-hydroxylation sites is 6. The van der Waals surface area contributed by atoms with E-state index >= 15 is 0 Å². The largest absolute Gasteiger partial charge is 0.357 e. The van der Waals surface area contributed by atoms with Crippen molar-refractivity contribution < 1.29 is 0 Å². The van der Waals surface area contributed by atoms with Crippen molar-refractivity contribution in [1.82, 2.24) is 9.13 Å². The molecule has 0 amide bonds. The number of hydrogen-bond acceptors (Lipinski definition) is 6. The molecule has 18 rings (SSSR count). The summed E-state index contributed by atoms with van der Waals surface area (Å²) in [6, 6.07) is 97.2. The number of benzene rings is 11. The zero-order valence-electron chi connectivity index (χ0n) is 52.8. The molecule has 8 heteroatoms. The van der Waals surface area contributed by atoms with Crippen molar-refractivity contribution in [1.29, 1.82) is 21.0 Å². The quantitative estimate of drug-likeness (QED) is 0.142. The fourth-order valence-corrected chi connectivity index (χ4v) is 16.8. The lowest BCUT2D eigenvalue weighted by Gasteiger charge is -2.36. The van der Waals surface area contributed by atoms with Crippen LogP contribution in [0.15, 0.2) is 315 Å². The van der Waals surface area contributed by atoms with E-state index in [0.29, 0.717) is 16.7 Å². The van der Waals surface area contributed by atoms with Crippen LogP contribution in [-0.4, -0.2) is 27.3 Å². The molecule has 1 saturated heterocycles. The van der Waals surface area contributed by atoms with E-state index < -0.39 is 5.41 Å². The monoisotopic (exact) mass is 1240 g/mol. The zero-order valence-corrected chi connectivity index (χ0v) is 52.8. The van der Waals surface area contributed by atoms with E-state index in [1.807, 2.05) is 18.2 Å². The van der Waals surface area contributed by atoms with Crippen molar-refractivity contribution in [3.8, 4) is 80.2 Å². The van der Waals surface area contributed by atoms with Crippen LogP contribution in [0.4, 0.5) is 17.1 Å². The maximum absolute atomic E-state index is 11.3. The Morgan fingerprint density at radius 1 is 0.402 bits per heavy atom. The molecule has 454 valence electrons. The summed E-state index contributed by atoms with van der Waals surface area (Å²) in [6.45, 7) is 2.31. The van der Waals surface area contributed by atoms with E-state index in [1.165, 1.54) is 16.3 Å². The summed E-state index contributed by atoms with van der Waals surface area (Å²) in [5.74, 6) is -0.0596. The molecule has 2 aliphatic heterocycles. The SMILES string of the molecule is CC12C=CC=CC1N(c1ccccc1-c1ccc(-c3ccc(-n4c5ccccc5c5ccccc54)cc3C#N)cc1)C1C=C(c3ccc4c(c3)c3ccccc3n4-c3ccc(-c4ccc(-c5ccccc5N5c6ccccc6C6C=C(C#N)C=CC65)cc4)c(C#N)c3)C=C(C#N)C12. The highest BCUT2D eigenvalue weighted by atomic mass is 15.2. The molecule has 0 saturated carbocycles. The molecule has 8 nitrogen and oxygen atoms in total. The Bertz CT molecular complexity index is 5840. The van der Waals surface area contributed by atoms with Gasteiger partial charge >= 0.3 is 0 Å². The van der Waals surface area contributed by atoms with Gasteiger partial charge in [0.2, 0.25) is 0 Å². The summed E-state index contributed by atoms with van der Waals surface area (Å²) >= 11 is 0. The van der Waals surface area contributed by atoms with Crippen LogP contribution in [0.3, 0.4) is 0 Å². The number of anilines is 3. The molecule has 11 aromatic carbocycles. The van der Waals surface area contributed by atoms with Gasteiger partial charge in [-0.3, -0.25) is 0 Å². The van der Waals surface area contributed by atoms with Crippen LogP contribution in [0.25, 0.3) is 105 Å². The number of rotatable bonds is 9. The van der Waals surface area contributed by atoms with Crippen molar-refractivity contribution in [3.05, 3.63) is 337 Å². The minimum absolute atomic E-state index is 0.0380. The van der Waals surface area contributed by atoms with E-state index in [9.17, 15) is 21.0 Å². The molecular formula is C89H58N8. The van der Waals surface area contributed by atoms with Crippen LogP contribution >= 0.6 is 0 Å². The lowest BCUT2D eigenvalue weighted by molar-refractivity contribution is 0.335. The third-order valence-electron chi connectivity index (χ3n) is 21.1. The molecule has 5 aliphatic rings. The first kappa shape index (κ1) is 56.7. The average molecular weight is 1240 g/mol. The summed E-state index contributed by atoms with van der Waals surface area (Å²) in [5.41, 5.74) is 22.7. The summed E-state index contributed by atoms with van der Waals surface area (Å²) in [6.07, 6.45) is 19.6. The highest BCUT2D eigenvalue weighted by Gasteiger charge is 2.57. The van der Waals surface area contributed by atoms with Gasteiger partial charge in [0.1, 0.15) is 0 Å². The lowest BCUT2D eigenvalue weighted by Crippen LogP contribution is -2.39. The Balaban J connectivity index is 0.664. The van der Waals surface area contributed by atoms with Crippen molar-refractivity contribution in [2.75, 3.05) is 9.80 Å². The van der Waals surface area contributed by atoms with Gasteiger partial charge in [-0.25, -0.2) is 0 Å². The molecule has 0 radical (unpaired) electrons. The topological polar surface area (TPSA) is 112 Å². The van der Waals surface area contributed by atoms with Gasteiger partial charge in [-0.2, -0.15) is 21.0 Å². The molecule has 2 aromatic heterocycles. The molecule has 3 aliphatic carbocycles. The van der Waals surface area contributed by atoms with Crippen LogP contribution < -0.4 is 9.80 Å². The van der Waals surface area contributed by atoms with E-state index in [2.05, 4.69) is 335 Å². The Morgan fingerprint density at radius 2 is 0.907 bits per heavy atom. The Morgan fingerprint density at radius 3 is 1.49 bits per heavy atom. The molecular weight excluding hydrogens is 1180 g/mol. The minimum atomic E-state index is -0.396. The summed E-state index contributed by atoms with van der Waals surface area (Å²) in [7, 11) is 0. The first-order chi connectivity index (χ1) is 47.8. The average Bonchev–Trinajstić information content (AvgIpc) is 1.56. The van der Waals surface area contributed by atoms with Gasteiger partial charge in [-0.1, -0.05) is 225 Å². The normalized spacial score (nSPS) is 19.5. The van der Waals surface area contributed by atoms with Gasteiger partial charge in [-0.15, -0.1) is 0 Å². The highest BCUT2D eigenvalue weighted by Crippen LogP contribution is 2.57. The van der Waals surface area contributed by atoms with Crippen LogP contribution in [0.2, 0.25) is 0 Å². The lowest BCUT2D eigenvalue weighted by atomic mass is 9.66. The first-order valence-corrected chi connectivity index (χ1v) is 33.0. The molecule has 0 N–H and O–H groups in total. The molecule has 1 fully saturated rings. The maximum Gasteiger partial charge on any atom is 0.0998 e. The second-order valence-electron chi connectivity index (χ2n) is 26.1. The van der Waals surface area contributed by atoms with E-state index in [0.717, 1.165) is 122 Å². The number of nitrogens with zero attached hydrogens (tertiary/aromatic N) is 8. The van der Waals surface area contributed by atoms with Gasteiger partial charge in [0, 0.05) is 89.5 Å². The van der Waals surface area contributed by atoms with Gasteiger partial charge in [0.15, 0.2) is 0 Å². The highest BCUT2D eigenvalue weighted by molar-refractivity contribution is 6.11. The Kier molecular flexibility index (Phi) is 13.1. The van der Waals surface area contributed by atoms with Crippen molar-refractivity contribution >= 4 is 66.2 Å². The van der Waals surface area contributed by atoms with Crippen molar-refractivity contribution in [3.63, 3.8) is 0 Å². The predicted molar refractivity (Wildman–Crippen MR) is 392 cm³/mol. The molecule has 97 heavy (non-hydrogen) atoms. The smallest absolute Gasteiger partial charge is 0.0998 e. The third-order valence-corrected chi connectivity index (χ3v) is 21.1. The molecule has 0 spiro atoms. The van der Waals surface area contributed by atoms with Crippen molar-refractivity contribution in [2.45, 2.75) is 31.0 Å². The second-order valence-corrected chi connectivity index (χ2v) is 26.1. The molecule has 0 bridgehead atoms. The molecule has 6 unspecified atom stereocenters. The number of nitriles is 4. The van der Waals surface area contributed by atoms with Gasteiger partial charge < -0.3 is 18.9 Å². The predicted octanol–water partition coefficient (Wildman–Crippen LogP) is 20.8. The Hall–Kier alpha value is -13.0. The van der Waals surface area contributed by atoms with E-state index in [-0.39, 0.29) is 30.0 Å². The number of fused-ring (bicyclic) bond motifs is 12. The fraction of sp³-hybridized carbons (Fsp3) is 0.0787.